The second kappa shape index (κ2) is 8.13. The van der Waals surface area contributed by atoms with Crippen molar-refractivity contribution in [1.29, 1.82) is 0 Å². The summed E-state index contributed by atoms with van der Waals surface area (Å²) < 4.78 is 19.5. The SMILES string of the molecule is COC(O)CC[C@@H](C)[C@H]1CCC2C3C(CC[C@@]21C)[C@@]1(C)C=C(F)[C@@H](O)C[C@H]1C[C@H]3O. The highest BCUT2D eigenvalue weighted by Gasteiger charge is 2.62. The van der Waals surface area contributed by atoms with Crippen molar-refractivity contribution < 1.29 is 24.4 Å². The monoisotopic (exact) mass is 424 g/mol. The van der Waals surface area contributed by atoms with Gasteiger partial charge in [0.15, 0.2) is 6.29 Å². The summed E-state index contributed by atoms with van der Waals surface area (Å²) in [5, 5.41) is 31.1. The first-order valence-electron chi connectivity index (χ1n) is 12.1. The smallest absolute Gasteiger partial charge is 0.154 e. The number of hydrogen-bond donors (Lipinski definition) is 3. The standard InChI is InChI=1S/C25H41FO4/c1-14(5-8-22(29)30-4)16-6-7-17-23-18(9-10-24(16,17)2)25(3)13-19(26)20(27)11-15(25)12-21(23)28/h13-18,20-23,27-29H,5-12H2,1-4H3/t14-,15+,16-,17?,18?,20+,21-,22?,23?,24-,25+/m1/s1. The van der Waals surface area contributed by atoms with Crippen LogP contribution in [-0.2, 0) is 4.74 Å². The van der Waals surface area contributed by atoms with Gasteiger partial charge in [0.05, 0.1) is 6.10 Å². The van der Waals surface area contributed by atoms with Gasteiger partial charge in [-0.1, -0.05) is 20.8 Å². The molecule has 0 heterocycles. The van der Waals surface area contributed by atoms with E-state index < -0.39 is 12.4 Å². The highest BCUT2D eigenvalue weighted by molar-refractivity contribution is 5.21. The number of hydrogen-bond acceptors (Lipinski definition) is 4. The Morgan fingerprint density at radius 2 is 1.87 bits per heavy atom. The lowest BCUT2D eigenvalue weighted by atomic mass is 9.44. The Balaban J connectivity index is 1.56. The van der Waals surface area contributed by atoms with Crippen molar-refractivity contribution >= 4 is 0 Å². The minimum absolute atomic E-state index is 0.152. The number of halogens is 1. The van der Waals surface area contributed by atoms with Crippen LogP contribution in [0.3, 0.4) is 0 Å². The van der Waals surface area contributed by atoms with Gasteiger partial charge in [-0.2, -0.15) is 0 Å². The summed E-state index contributed by atoms with van der Waals surface area (Å²) >= 11 is 0. The molecule has 11 atom stereocenters. The molecule has 4 nitrogen and oxygen atoms in total. The molecule has 0 aliphatic heterocycles. The maximum Gasteiger partial charge on any atom is 0.154 e. The normalized spacial score (nSPS) is 50.1. The molecule has 3 fully saturated rings. The third-order valence-electron chi connectivity index (χ3n) is 10.2. The van der Waals surface area contributed by atoms with E-state index >= 15 is 0 Å². The number of aliphatic hydroxyl groups excluding tert-OH is 3. The van der Waals surface area contributed by atoms with E-state index in [9.17, 15) is 19.7 Å². The van der Waals surface area contributed by atoms with E-state index in [0.29, 0.717) is 37.0 Å². The number of aliphatic hydroxyl groups is 3. The van der Waals surface area contributed by atoms with Crippen LogP contribution < -0.4 is 0 Å². The molecule has 5 heteroatoms. The van der Waals surface area contributed by atoms with E-state index in [2.05, 4.69) is 20.8 Å². The molecule has 0 saturated heterocycles. The Morgan fingerprint density at radius 3 is 2.57 bits per heavy atom. The third kappa shape index (κ3) is 3.48. The van der Waals surface area contributed by atoms with Crippen molar-refractivity contribution in [3.63, 3.8) is 0 Å². The maximum atomic E-state index is 14.5. The largest absolute Gasteiger partial charge is 0.393 e. The van der Waals surface area contributed by atoms with Crippen LogP contribution in [0.2, 0.25) is 0 Å². The zero-order valence-corrected chi connectivity index (χ0v) is 19.1. The fraction of sp³-hybridized carbons (Fsp3) is 0.920. The molecule has 4 aliphatic rings. The van der Waals surface area contributed by atoms with Crippen LogP contribution >= 0.6 is 0 Å². The quantitative estimate of drug-likeness (QED) is 0.571. The van der Waals surface area contributed by atoms with Gasteiger partial charge in [-0.15, -0.1) is 0 Å². The average Bonchev–Trinajstić information content (AvgIpc) is 3.05. The minimum atomic E-state index is -1.00. The van der Waals surface area contributed by atoms with Crippen molar-refractivity contribution in [1.82, 2.24) is 0 Å². The molecule has 4 aliphatic carbocycles. The van der Waals surface area contributed by atoms with Gasteiger partial charge in [-0.25, -0.2) is 4.39 Å². The summed E-state index contributed by atoms with van der Waals surface area (Å²) in [6.07, 6.45) is 6.83. The first kappa shape index (κ1) is 22.7. The van der Waals surface area contributed by atoms with Gasteiger partial charge in [-0.3, -0.25) is 0 Å². The van der Waals surface area contributed by atoms with Gasteiger partial charge in [0, 0.05) is 7.11 Å². The fourth-order valence-corrected chi connectivity index (χ4v) is 8.51. The van der Waals surface area contributed by atoms with E-state index in [0.717, 1.165) is 25.7 Å². The van der Waals surface area contributed by atoms with Gasteiger partial charge in [0.25, 0.3) is 0 Å². The minimum Gasteiger partial charge on any atom is -0.393 e. The molecule has 4 rings (SSSR count). The van der Waals surface area contributed by atoms with Crippen molar-refractivity contribution in [3.05, 3.63) is 11.9 Å². The zero-order valence-electron chi connectivity index (χ0n) is 19.1. The molecule has 0 amide bonds. The number of allylic oxidation sites excluding steroid dienone is 1. The van der Waals surface area contributed by atoms with Crippen LogP contribution in [0.5, 0.6) is 0 Å². The van der Waals surface area contributed by atoms with E-state index in [1.54, 1.807) is 13.2 Å². The zero-order chi connectivity index (χ0) is 21.8. The fourth-order valence-electron chi connectivity index (χ4n) is 8.51. The van der Waals surface area contributed by atoms with Crippen molar-refractivity contribution in [2.24, 2.45) is 46.3 Å². The predicted molar refractivity (Wildman–Crippen MR) is 114 cm³/mol. The van der Waals surface area contributed by atoms with Crippen molar-refractivity contribution in [2.45, 2.75) is 90.6 Å². The molecule has 4 unspecified atom stereocenters. The topological polar surface area (TPSA) is 69.9 Å². The van der Waals surface area contributed by atoms with Gasteiger partial charge in [0.2, 0.25) is 0 Å². The van der Waals surface area contributed by atoms with E-state index in [4.69, 9.17) is 4.74 Å². The molecular weight excluding hydrogens is 383 g/mol. The lowest BCUT2D eigenvalue weighted by Gasteiger charge is -2.61. The molecule has 0 aromatic carbocycles. The molecular formula is C25H41FO4. The number of methoxy groups -OCH3 is 1. The summed E-state index contributed by atoms with van der Waals surface area (Å²) in [6, 6.07) is 0. The molecule has 0 radical (unpaired) electrons. The second-order valence-electron chi connectivity index (χ2n) is 11.4. The van der Waals surface area contributed by atoms with E-state index in [1.165, 1.54) is 6.42 Å². The summed E-state index contributed by atoms with van der Waals surface area (Å²) in [7, 11) is 1.55. The first-order valence-corrected chi connectivity index (χ1v) is 12.1. The van der Waals surface area contributed by atoms with Gasteiger partial charge >= 0.3 is 0 Å². The Kier molecular flexibility index (Phi) is 6.15. The third-order valence-corrected chi connectivity index (χ3v) is 10.2. The first-order chi connectivity index (χ1) is 14.1. The predicted octanol–water partition coefficient (Wildman–Crippen LogP) is 4.43. The second-order valence-corrected chi connectivity index (χ2v) is 11.4. The summed E-state index contributed by atoms with van der Waals surface area (Å²) in [4.78, 5) is 0. The summed E-state index contributed by atoms with van der Waals surface area (Å²) in [6.45, 7) is 6.91. The van der Waals surface area contributed by atoms with E-state index in [1.807, 2.05) is 0 Å². The molecule has 3 saturated carbocycles. The molecule has 3 N–H and O–H groups in total. The van der Waals surface area contributed by atoms with Crippen LogP contribution in [-0.4, -0.2) is 40.9 Å². The van der Waals surface area contributed by atoms with Gasteiger partial charge in [-0.05, 0) is 104 Å². The molecule has 30 heavy (non-hydrogen) atoms. The van der Waals surface area contributed by atoms with Crippen LogP contribution in [0, 0.1) is 46.3 Å². The van der Waals surface area contributed by atoms with Crippen LogP contribution in [0.15, 0.2) is 11.9 Å². The molecule has 172 valence electrons. The number of ether oxygens (including phenoxy) is 1. The average molecular weight is 425 g/mol. The van der Waals surface area contributed by atoms with Gasteiger partial charge in [0.1, 0.15) is 11.9 Å². The van der Waals surface area contributed by atoms with Crippen molar-refractivity contribution in [3.8, 4) is 0 Å². The lowest BCUT2D eigenvalue weighted by molar-refractivity contribution is -0.148. The Labute approximate surface area is 180 Å². The molecule has 0 aromatic rings. The Hall–Kier alpha value is -0.490. The summed E-state index contributed by atoms with van der Waals surface area (Å²) in [5.41, 5.74) is -0.0694. The molecule has 0 aromatic heterocycles. The van der Waals surface area contributed by atoms with Crippen molar-refractivity contribution in [2.75, 3.05) is 7.11 Å². The number of rotatable bonds is 5. The van der Waals surface area contributed by atoms with E-state index in [-0.39, 0.29) is 40.5 Å². The number of fused-ring (bicyclic) bond motifs is 5. The highest BCUT2D eigenvalue weighted by atomic mass is 19.1. The maximum absolute atomic E-state index is 14.5. The van der Waals surface area contributed by atoms with Crippen LogP contribution in [0.25, 0.3) is 0 Å². The van der Waals surface area contributed by atoms with Gasteiger partial charge < -0.3 is 20.1 Å². The Morgan fingerprint density at radius 1 is 1.13 bits per heavy atom. The Bertz CT molecular complexity index is 668. The molecule has 0 spiro atoms. The highest BCUT2D eigenvalue weighted by Crippen LogP contribution is 2.68. The lowest BCUT2D eigenvalue weighted by Crippen LogP contribution is -2.58. The van der Waals surface area contributed by atoms with Crippen LogP contribution in [0.4, 0.5) is 4.39 Å². The summed E-state index contributed by atoms with van der Waals surface area (Å²) in [5.74, 6) is 1.84. The van der Waals surface area contributed by atoms with Crippen LogP contribution in [0.1, 0.15) is 72.1 Å². The molecule has 0 bridgehead atoms.